The smallest absolute Gasteiger partial charge is 0.227 e. The Morgan fingerprint density at radius 1 is 0.366 bits per heavy atom. The van der Waals surface area contributed by atoms with Crippen LogP contribution in [0.1, 0.15) is 0 Å². The molecule has 0 radical (unpaired) electrons. The van der Waals surface area contributed by atoms with Crippen LogP contribution in [0.3, 0.4) is 0 Å². The highest BCUT2D eigenvalue weighted by atomic mass is 16.3. The molecule has 8 aromatic rings. The van der Waals surface area contributed by atoms with E-state index in [4.69, 9.17) is 4.42 Å². The van der Waals surface area contributed by atoms with Crippen LogP contribution < -0.4 is 0 Å². The van der Waals surface area contributed by atoms with Crippen LogP contribution in [-0.2, 0) is 0 Å². The number of benzene rings is 7. The van der Waals surface area contributed by atoms with Crippen molar-refractivity contribution in [2.45, 2.75) is 0 Å². The molecule has 0 saturated carbocycles. The summed E-state index contributed by atoms with van der Waals surface area (Å²) >= 11 is 0. The lowest BCUT2D eigenvalue weighted by Gasteiger charge is -2.18. The van der Waals surface area contributed by atoms with E-state index in [-0.39, 0.29) is 0 Å². The van der Waals surface area contributed by atoms with Gasteiger partial charge < -0.3 is 4.42 Å². The number of hydrogen-bond acceptors (Lipinski definition) is 2. The molecule has 0 aliphatic heterocycles. The molecule has 2 heteroatoms. The number of hydrogen-bond donors (Lipinski definition) is 0. The minimum absolute atomic E-state index is 0.640. The molecule has 0 saturated heterocycles. The van der Waals surface area contributed by atoms with Crippen LogP contribution >= 0.6 is 0 Å². The lowest BCUT2D eigenvalue weighted by atomic mass is 9.85. The van der Waals surface area contributed by atoms with Crippen LogP contribution in [0.5, 0.6) is 0 Å². The van der Waals surface area contributed by atoms with Gasteiger partial charge in [0.1, 0.15) is 5.52 Å². The van der Waals surface area contributed by atoms with Crippen LogP contribution in [0.25, 0.3) is 77.5 Å². The Hall–Kier alpha value is -5.47. The van der Waals surface area contributed by atoms with E-state index in [0.29, 0.717) is 5.89 Å². The first kappa shape index (κ1) is 23.4. The molecule has 1 heterocycles. The third-order valence-corrected chi connectivity index (χ3v) is 7.91. The van der Waals surface area contributed by atoms with Gasteiger partial charge in [-0.3, -0.25) is 0 Å². The van der Waals surface area contributed by atoms with Gasteiger partial charge in [0.15, 0.2) is 5.58 Å². The normalized spacial score (nSPS) is 11.4. The van der Waals surface area contributed by atoms with E-state index in [0.717, 1.165) is 22.2 Å². The molecule has 0 aliphatic carbocycles. The number of fused-ring (bicyclic) bond motifs is 3. The molecule has 0 N–H and O–H groups in total. The van der Waals surface area contributed by atoms with Crippen LogP contribution in [0, 0.1) is 0 Å². The molecule has 0 fully saturated rings. The molecule has 7 aromatic carbocycles. The second-order valence-corrected chi connectivity index (χ2v) is 10.4. The standard InChI is InChI=1S/C39H25NO/c1-3-11-27(12-4-1)37-31-15-7-8-16-32(31)38(28-13-5-2-6-14-28)34-25-30(23-24-33(34)37)26-19-21-29(22-20-26)39-40-35-17-9-10-18-36(35)41-39/h1-25H. The van der Waals surface area contributed by atoms with Gasteiger partial charge in [0.2, 0.25) is 5.89 Å². The van der Waals surface area contributed by atoms with E-state index in [2.05, 4.69) is 132 Å². The van der Waals surface area contributed by atoms with Crippen molar-refractivity contribution in [3.63, 3.8) is 0 Å². The van der Waals surface area contributed by atoms with Crippen molar-refractivity contribution in [2.24, 2.45) is 0 Å². The zero-order valence-electron chi connectivity index (χ0n) is 22.3. The quantitative estimate of drug-likeness (QED) is 0.214. The summed E-state index contributed by atoms with van der Waals surface area (Å²) in [5.41, 5.74) is 9.95. The summed E-state index contributed by atoms with van der Waals surface area (Å²) in [5, 5.41) is 5.02. The highest BCUT2D eigenvalue weighted by Gasteiger charge is 2.17. The average Bonchev–Trinajstić information content (AvgIpc) is 3.49. The van der Waals surface area contributed by atoms with Crippen molar-refractivity contribution < 1.29 is 4.42 Å². The summed E-state index contributed by atoms with van der Waals surface area (Å²) < 4.78 is 6.01. The third kappa shape index (κ3) is 4.00. The molecule has 192 valence electrons. The Morgan fingerprint density at radius 3 is 1.54 bits per heavy atom. The molecular formula is C39H25NO. The van der Waals surface area contributed by atoms with Gasteiger partial charge in [-0.25, -0.2) is 4.98 Å². The maximum absolute atomic E-state index is 6.01. The fraction of sp³-hybridized carbons (Fsp3) is 0. The lowest BCUT2D eigenvalue weighted by Crippen LogP contribution is -1.91. The maximum atomic E-state index is 6.01. The monoisotopic (exact) mass is 523 g/mol. The van der Waals surface area contributed by atoms with Crippen molar-refractivity contribution in [2.75, 3.05) is 0 Å². The van der Waals surface area contributed by atoms with Gasteiger partial charge in [-0.2, -0.15) is 0 Å². The predicted octanol–water partition coefficient (Wildman–Crippen LogP) is 10.8. The largest absolute Gasteiger partial charge is 0.436 e. The molecule has 0 atom stereocenters. The first-order chi connectivity index (χ1) is 20.3. The van der Waals surface area contributed by atoms with Gasteiger partial charge >= 0.3 is 0 Å². The summed E-state index contributed by atoms with van der Waals surface area (Å²) in [5.74, 6) is 0.640. The second-order valence-electron chi connectivity index (χ2n) is 10.4. The van der Waals surface area contributed by atoms with Gasteiger partial charge in [-0.15, -0.1) is 0 Å². The molecule has 0 amide bonds. The summed E-state index contributed by atoms with van der Waals surface area (Å²) in [6.45, 7) is 0. The predicted molar refractivity (Wildman–Crippen MR) is 171 cm³/mol. The minimum Gasteiger partial charge on any atom is -0.436 e. The zero-order chi connectivity index (χ0) is 27.2. The number of rotatable bonds is 4. The van der Waals surface area contributed by atoms with E-state index in [1.165, 1.54) is 49.4 Å². The van der Waals surface area contributed by atoms with Crippen molar-refractivity contribution in [3.8, 4) is 44.8 Å². The number of oxazole rings is 1. The minimum atomic E-state index is 0.640. The number of para-hydroxylation sites is 2. The van der Waals surface area contributed by atoms with Crippen LogP contribution in [0.15, 0.2) is 156 Å². The van der Waals surface area contributed by atoms with Crippen LogP contribution in [0.2, 0.25) is 0 Å². The van der Waals surface area contributed by atoms with E-state index in [9.17, 15) is 0 Å². The molecule has 0 aliphatic rings. The third-order valence-electron chi connectivity index (χ3n) is 7.91. The molecule has 8 rings (SSSR count). The van der Waals surface area contributed by atoms with Crippen molar-refractivity contribution in [1.29, 1.82) is 0 Å². The Bertz CT molecular complexity index is 2140. The fourth-order valence-electron chi connectivity index (χ4n) is 5.99. The molecule has 0 unspecified atom stereocenters. The van der Waals surface area contributed by atoms with E-state index in [1.807, 2.05) is 24.3 Å². The summed E-state index contributed by atoms with van der Waals surface area (Å²) in [6.07, 6.45) is 0. The van der Waals surface area contributed by atoms with Gasteiger partial charge in [0.25, 0.3) is 0 Å². The highest BCUT2D eigenvalue weighted by molar-refractivity contribution is 6.21. The average molecular weight is 524 g/mol. The number of nitrogens with zero attached hydrogens (tertiary/aromatic N) is 1. The molecule has 0 spiro atoms. The van der Waals surface area contributed by atoms with Crippen molar-refractivity contribution in [1.82, 2.24) is 4.98 Å². The summed E-state index contributed by atoms with van der Waals surface area (Å²) in [4.78, 5) is 4.67. The van der Waals surface area contributed by atoms with Crippen molar-refractivity contribution >= 4 is 32.6 Å². The van der Waals surface area contributed by atoms with Crippen LogP contribution in [0.4, 0.5) is 0 Å². The number of aromatic nitrogens is 1. The van der Waals surface area contributed by atoms with Crippen LogP contribution in [-0.4, -0.2) is 4.98 Å². The summed E-state index contributed by atoms with van der Waals surface area (Å²) in [6, 6.07) is 53.5. The lowest BCUT2D eigenvalue weighted by molar-refractivity contribution is 0.620. The van der Waals surface area contributed by atoms with Gasteiger partial charge in [0.05, 0.1) is 0 Å². The van der Waals surface area contributed by atoms with Gasteiger partial charge in [0, 0.05) is 5.56 Å². The Kier molecular flexibility index (Phi) is 5.49. The first-order valence-corrected chi connectivity index (χ1v) is 13.9. The molecule has 0 bridgehead atoms. The van der Waals surface area contributed by atoms with E-state index < -0.39 is 0 Å². The highest BCUT2D eigenvalue weighted by Crippen LogP contribution is 2.44. The van der Waals surface area contributed by atoms with E-state index in [1.54, 1.807) is 0 Å². The Labute approximate surface area is 238 Å². The topological polar surface area (TPSA) is 26.0 Å². The fourth-order valence-corrected chi connectivity index (χ4v) is 5.99. The zero-order valence-corrected chi connectivity index (χ0v) is 22.3. The van der Waals surface area contributed by atoms with Gasteiger partial charge in [-0.1, -0.05) is 121 Å². The molecular weight excluding hydrogens is 498 g/mol. The summed E-state index contributed by atoms with van der Waals surface area (Å²) in [7, 11) is 0. The molecule has 41 heavy (non-hydrogen) atoms. The van der Waals surface area contributed by atoms with Crippen molar-refractivity contribution in [3.05, 3.63) is 152 Å². The SMILES string of the molecule is c1ccc(-c2c3ccccc3c(-c3ccccc3)c3cc(-c4ccc(-c5nc6ccccc6o5)cc4)ccc23)cc1. The van der Waals surface area contributed by atoms with E-state index >= 15 is 0 Å². The Balaban J connectivity index is 1.34. The Morgan fingerprint density at radius 2 is 0.878 bits per heavy atom. The first-order valence-electron chi connectivity index (χ1n) is 13.9. The molecule has 2 nitrogen and oxygen atoms in total. The molecule has 1 aromatic heterocycles. The second kappa shape index (κ2) is 9.62. The maximum Gasteiger partial charge on any atom is 0.227 e. The van der Waals surface area contributed by atoms with Gasteiger partial charge in [-0.05, 0) is 85.3 Å².